The van der Waals surface area contributed by atoms with E-state index < -0.39 is 49.4 Å². The van der Waals surface area contributed by atoms with E-state index >= 15 is 0 Å². The van der Waals surface area contributed by atoms with Crippen LogP contribution in [0.5, 0.6) is 0 Å². The molecule has 0 aromatic rings. The van der Waals surface area contributed by atoms with Crippen molar-refractivity contribution in [2.75, 3.05) is 19.8 Å². The molecule has 0 amide bonds. The largest absolute Gasteiger partial charge is 0.462 e. The summed E-state index contributed by atoms with van der Waals surface area (Å²) in [6.45, 7) is 3.29. The van der Waals surface area contributed by atoms with Gasteiger partial charge in [0.1, 0.15) is 31.0 Å². The van der Waals surface area contributed by atoms with E-state index in [9.17, 15) is 30.0 Å². The summed E-state index contributed by atoms with van der Waals surface area (Å²) in [4.78, 5) is 25.4. The zero-order valence-electron chi connectivity index (χ0n) is 38.7. The minimum Gasteiger partial charge on any atom is -0.462 e. The quantitative estimate of drug-likeness (QED) is 0.0265. The minimum absolute atomic E-state index is 0.178. The van der Waals surface area contributed by atoms with Crippen LogP contribution in [-0.4, -0.2) is 89.0 Å². The van der Waals surface area contributed by atoms with Crippen LogP contribution >= 0.6 is 0 Å². The van der Waals surface area contributed by atoms with Gasteiger partial charge in [0, 0.05) is 12.8 Å². The van der Waals surface area contributed by atoms with Gasteiger partial charge in [-0.25, -0.2) is 0 Å². The van der Waals surface area contributed by atoms with Gasteiger partial charge in [0.25, 0.3) is 0 Å². The highest BCUT2D eigenvalue weighted by Crippen LogP contribution is 2.23. The molecule has 1 heterocycles. The number of ether oxygens (including phenoxy) is 4. The summed E-state index contributed by atoms with van der Waals surface area (Å²) in [6, 6.07) is 0. The molecule has 1 saturated heterocycles. The molecular weight excluding hydrogens is 773 g/mol. The number of aliphatic hydroxyl groups excluding tert-OH is 4. The molecule has 6 atom stereocenters. The minimum atomic E-state index is -1.60. The van der Waals surface area contributed by atoms with Crippen molar-refractivity contribution in [3.63, 3.8) is 0 Å². The average molecular weight is 863 g/mol. The van der Waals surface area contributed by atoms with Gasteiger partial charge in [-0.1, -0.05) is 191 Å². The Morgan fingerprint density at radius 1 is 0.525 bits per heavy atom. The maximum Gasteiger partial charge on any atom is 0.306 e. The summed E-state index contributed by atoms with van der Waals surface area (Å²) in [5.74, 6) is -0.849. The molecular formula is C51H90O10. The van der Waals surface area contributed by atoms with Crippen LogP contribution in [0.2, 0.25) is 0 Å². The highest BCUT2D eigenvalue weighted by Gasteiger charge is 2.44. The van der Waals surface area contributed by atoms with Crippen molar-refractivity contribution in [2.24, 2.45) is 0 Å². The first-order valence-electron chi connectivity index (χ1n) is 24.7. The number of rotatable bonds is 41. The molecule has 61 heavy (non-hydrogen) atoms. The topological polar surface area (TPSA) is 152 Å². The van der Waals surface area contributed by atoms with Gasteiger partial charge in [-0.15, -0.1) is 0 Å². The third-order valence-corrected chi connectivity index (χ3v) is 11.2. The number of hydrogen-bond donors (Lipinski definition) is 4. The second kappa shape index (κ2) is 41.7. The van der Waals surface area contributed by atoms with Crippen molar-refractivity contribution in [3.8, 4) is 0 Å². The first kappa shape index (κ1) is 56.7. The Bertz CT molecular complexity index is 1130. The second-order valence-electron chi connectivity index (χ2n) is 16.9. The van der Waals surface area contributed by atoms with Crippen LogP contribution in [0.25, 0.3) is 0 Å². The summed E-state index contributed by atoms with van der Waals surface area (Å²) >= 11 is 0. The van der Waals surface area contributed by atoms with Crippen LogP contribution in [0.3, 0.4) is 0 Å². The van der Waals surface area contributed by atoms with Gasteiger partial charge in [-0.2, -0.15) is 0 Å². The summed E-state index contributed by atoms with van der Waals surface area (Å²) in [6.07, 6.45) is 42.7. The number of carbonyl (C=O) groups excluding carboxylic acids is 2. The molecule has 4 N–H and O–H groups in total. The Morgan fingerprint density at radius 2 is 0.967 bits per heavy atom. The van der Waals surface area contributed by atoms with E-state index in [1.807, 2.05) is 0 Å². The Morgan fingerprint density at radius 3 is 1.46 bits per heavy atom. The number of aliphatic hydroxyl groups is 4. The summed E-state index contributed by atoms with van der Waals surface area (Å²) in [7, 11) is 0. The molecule has 0 bridgehead atoms. The third-order valence-electron chi connectivity index (χ3n) is 11.2. The normalized spacial score (nSPS) is 20.1. The molecule has 354 valence electrons. The predicted molar refractivity (Wildman–Crippen MR) is 247 cm³/mol. The van der Waals surface area contributed by atoms with Gasteiger partial charge in [-0.3, -0.25) is 9.59 Å². The lowest BCUT2D eigenvalue weighted by Crippen LogP contribution is -2.59. The first-order valence-corrected chi connectivity index (χ1v) is 24.7. The van der Waals surface area contributed by atoms with E-state index in [0.717, 1.165) is 57.8 Å². The summed E-state index contributed by atoms with van der Waals surface area (Å²) in [5.41, 5.74) is 0. The molecule has 1 aliphatic rings. The Kier molecular flexibility index (Phi) is 38.7. The Balaban J connectivity index is 2.27. The fourth-order valence-corrected chi connectivity index (χ4v) is 7.36. The van der Waals surface area contributed by atoms with Gasteiger partial charge >= 0.3 is 11.9 Å². The summed E-state index contributed by atoms with van der Waals surface area (Å²) in [5, 5.41) is 40.1. The van der Waals surface area contributed by atoms with E-state index in [0.29, 0.717) is 6.42 Å². The van der Waals surface area contributed by atoms with Gasteiger partial charge < -0.3 is 39.4 Å². The third kappa shape index (κ3) is 32.9. The number of esters is 2. The van der Waals surface area contributed by atoms with E-state index in [4.69, 9.17) is 18.9 Å². The average Bonchev–Trinajstić information content (AvgIpc) is 3.26. The van der Waals surface area contributed by atoms with Crippen molar-refractivity contribution in [1.82, 2.24) is 0 Å². The monoisotopic (exact) mass is 863 g/mol. The maximum atomic E-state index is 12.8. The van der Waals surface area contributed by atoms with Gasteiger partial charge in [0.2, 0.25) is 0 Å². The van der Waals surface area contributed by atoms with Crippen molar-refractivity contribution in [2.45, 2.75) is 243 Å². The number of allylic oxidation sites excluding steroid dienone is 8. The molecule has 0 radical (unpaired) electrons. The molecule has 1 aliphatic heterocycles. The molecule has 0 aliphatic carbocycles. The van der Waals surface area contributed by atoms with E-state index in [2.05, 4.69) is 62.5 Å². The fourth-order valence-electron chi connectivity index (χ4n) is 7.36. The standard InChI is InChI=1S/C51H90O10/c1-3-5-7-9-11-13-15-17-19-20-21-22-23-24-26-27-29-31-33-35-37-39-46(53)58-42-44(43-59-51-50(57)49(56)48(55)45(41-52)61-51)60-47(54)40-38-36-34-32-30-28-25-18-16-14-12-10-8-6-4-2/h6,8,12,14,18,25,30,32,44-45,48-52,55-57H,3-5,7,9-11,13,15-17,19-24,26-29,31,33-43H2,1-2H3/b8-6+,14-12+,25-18+,32-30+/t44-,45-,48+,49?,50?,51-/m0/s1. The molecule has 0 spiro atoms. The lowest BCUT2D eigenvalue weighted by Gasteiger charge is -2.39. The molecule has 0 aromatic heterocycles. The molecule has 0 aromatic carbocycles. The van der Waals surface area contributed by atoms with E-state index in [-0.39, 0.29) is 32.0 Å². The lowest BCUT2D eigenvalue weighted by molar-refractivity contribution is -0.305. The fraction of sp³-hybridized carbons (Fsp3) is 0.804. The van der Waals surface area contributed by atoms with Crippen LogP contribution in [0, 0.1) is 0 Å². The van der Waals surface area contributed by atoms with Crippen LogP contribution in [0.15, 0.2) is 48.6 Å². The van der Waals surface area contributed by atoms with Gasteiger partial charge in [0.15, 0.2) is 12.4 Å². The SMILES string of the molecule is CC/C=C/C/C=C/C/C=C/C/C=C/CCCCC(=O)O[C@@H](COC(=O)CCCCCCCCCCCCCCCCCCCCCCC)CO[C@H]1O[C@@H](CO)[C@@H](O)C(O)C1O. The van der Waals surface area contributed by atoms with Crippen molar-refractivity contribution in [1.29, 1.82) is 0 Å². The molecule has 10 heteroatoms. The molecule has 1 fully saturated rings. The predicted octanol–water partition coefficient (Wildman–Crippen LogP) is 11.2. The number of unbranched alkanes of at least 4 members (excludes halogenated alkanes) is 22. The molecule has 2 unspecified atom stereocenters. The van der Waals surface area contributed by atoms with Crippen LogP contribution in [0.1, 0.15) is 206 Å². The van der Waals surface area contributed by atoms with Crippen molar-refractivity contribution < 1.29 is 49.0 Å². The van der Waals surface area contributed by atoms with Crippen molar-refractivity contribution >= 4 is 11.9 Å². The van der Waals surface area contributed by atoms with Crippen LogP contribution in [-0.2, 0) is 28.5 Å². The smallest absolute Gasteiger partial charge is 0.306 e. The number of carbonyl (C=O) groups is 2. The van der Waals surface area contributed by atoms with Crippen molar-refractivity contribution in [3.05, 3.63) is 48.6 Å². The van der Waals surface area contributed by atoms with Gasteiger partial charge in [-0.05, 0) is 51.4 Å². The van der Waals surface area contributed by atoms with Gasteiger partial charge in [0.05, 0.1) is 13.2 Å². The highest BCUT2D eigenvalue weighted by molar-refractivity contribution is 5.70. The zero-order chi connectivity index (χ0) is 44.4. The number of hydrogen-bond acceptors (Lipinski definition) is 10. The molecule has 10 nitrogen and oxygen atoms in total. The highest BCUT2D eigenvalue weighted by atomic mass is 16.7. The first-order chi connectivity index (χ1) is 29.8. The summed E-state index contributed by atoms with van der Waals surface area (Å²) < 4.78 is 22.2. The van der Waals surface area contributed by atoms with Crippen LogP contribution < -0.4 is 0 Å². The molecule has 1 rings (SSSR count). The van der Waals surface area contributed by atoms with Crippen LogP contribution in [0.4, 0.5) is 0 Å². The van der Waals surface area contributed by atoms with E-state index in [1.165, 1.54) is 116 Å². The lowest BCUT2D eigenvalue weighted by atomic mass is 9.99. The zero-order valence-corrected chi connectivity index (χ0v) is 38.7. The maximum absolute atomic E-state index is 12.8. The Hall–Kier alpha value is -2.34. The van der Waals surface area contributed by atoms with E-state index in [1.54, 1.807) is 0 Å². The second-order valence-corrected chi connectivity index (χ2v) is 16.9. The Labute approximate surface area is 371 Å². The molecule has 0 saturated carbocycles.